The predicted molar refractivity (Wildman–Crippen MR) is 125 cm³/mol. The van der Waals surface area contributed by atoms with Crippen LogP contribution < -0.4 is 15.6 Å². The van der Waals surface area contributed by atoms with Gasteiger partial charge in [-0.25, -0.2) is 4.79 Å². The van der Waals surface area contributed by atoms with Crippen LogP contribution in [-0.4, -0.2) is 60.1 Å². The van der Waals surface area contributed by atoms with E-state index in [-0.39, 0.29) is 18.1 Å². The lowest BCUT2D eigenvalue weighted by molar-refractivity contribution is 0.124. The van der Waals surface area contributed by atoms with Crippen LogP contribution in [0, 0.1) is 5.92 Å². The number of pyridine rings is 1. The number of aliphatic hydroxyl groups excluding tert-OH is 1. The summed E-state index contributed by atoms with van der Waals surface area (Å²) in [6, 6.07) is 18.5. The SMILES string of the molecule is COc1ccc2ccc(=O)n(CCN3C[C@@H](CNC(=O)OCc4ccccc4)[C@@H](O)C3)c2c1. The van der Waals surface area contributed by atoms with Crippen LogP contribution in [0.5, 0.6) is 5.75 Å². The van der Waals surface area contributed by atoms with E-state index in [4.69, 9.17) is 9.47 Å². The van der Waals surface area contributed by atoms with E-state index in [9.17, 15) is 14.7 Å². The highest BCUT2D eigenvalue weighted by molar-refractivity contribution is 5.80. The van der Waals surface area contributed by atoms with E-state index < -0.39 is 12.2 Å². The van der Waals surface area contributed by atoms with Gasteiger partial charge in [0.05, 0.1) is 18.7 Å². The monoisotopic (exact) mass is 451 g/mol. The molecular weight excluding hydrogens is 422 g/mol. The van der Waals surface area contributed by atoms with Crippen LogP contribution in [0.1, 0.15) is 5.56 Å². The molecule has 1 aromatic heterocycles. The molecule has 2 aromatic carbocycles. The van der Waals surface area contributed by atoms with Gasteiger partial charge in [0.15, 0.2) is 0 Å². The average Bonchev–Trinajstić information content (AvgIpc) is 3.20. The molecule has 0 saturated carbocycles. The van der Waals surface area contributed by atoms with Crippen LogP contribution in [0.3, 0.4) is 0 Å². The molecule has 2 atom stereocenters. The van der Waals surface area contributed by atoms with Gasteiger partial charge >= 0.3 is 6.09 Å². The third kappa shape index (κ3) is 5.71. The molecule has 0 bridgehead atoms. The van der Waals surface area contributed by atoms with Gasteiger partial charge in [-0.1, -0.05) is 30.3 Å². The van der Waals surface area contributed by atoms with Crippen molar-refractivity contribution < 1.29 is 19.4 Å². The number of methoxy groups -OCH3 is 1. The molecule has 0 unspecified atom stereocenters. The van der Waals surface area contributed by atoms with Crippen molar-refractivity contribution in [1.82, 2.24) is 14.8 Å². The maximum Gasteiger partial charge on any atom is 0.407 e. The number of benzene rings is 2. The topological polar surface area (TPSA) is 93.0 Å². The molecule has 1 aliphatic rings. The zero-order valence-electron chi connectivity index (χ0n) is 18.6. The van der Waals surface area contributed by atoms with Gasteiger partial charge in [0.1, 0.15) is 12.4 Å². The van der Waals surface area contributed by atoms with Gasteiger partial charge in [-0.05, 0) is 29.1 Å². The number of nitrogens with one attached hydrogen (secondary N) is 1. The lowest BCUT2D eigenvalue weighted by Crippen LogP contribution is -2.34. The second kappa shape index (κ2) is 10.5. The van der Waals surface area contributed by atoms with E-state index in [0.717, 1.165) is 16.5 Å². The first kappa shape index (κ1) is 22.8. The number of ether oxygens (including phenoxy) is 2. The minimum Gasteiger partial charge on any atom is -0.497 e. The summed E-state index contributed by atoms with van der Waals surface area (Å²) < 4.78 is 12.3. The van der Waals surface area contributed by atoms with E-state index >= 15 is 0 Å². The Hall–Kier alpha value is -3.36. The zero-order chi connectivity index (χ0) is 23.2. The first-order valence-electron chi connectivity index (χ1n) is 11.1. The summed E-state index contributed by atoms with van der Waals surface area (Å²) in [5.74, 6) is 0.599. The Morgan fingerprint density at radius 2 is 1.88 bits per heavy atom. The molecule has 33 heavy (non-hydrogen) atoms. The summed E-state index contributed by atoms with van der Waals surface area (Å²) in [7, 11) is 1.60. The summed E-state index contributed by atoms with van der Waals surface area (Å²) in [6.45, 7) is 2.77. The number of rotatable bonds is 8. The van der Waals surface area contributed by atoms with E-state index in [1.54, 1.807) is 17.7 Å². The molecule has 1 fully saturated rings. The Labute approximate surface area is 192 Å². The number of aliphatic hydroxyl groups is 1. The number of hydrogen-bond acceptors (Lipinski definition) is 6. The summed E-state index contributed by atoms with van der Waals surface area (Å²) in [6.07, 6.45) is -1.05. The second-order valence-electron chi connectivity index (χ2n) is 8.28. The number of alkyl carbamates (subject to hydrolysis) is 1. The first-order chi connectivity index (χ1) is 16.0. The number of aromatic nitrogens is 1. The average molecular weight is 452 g/mol. The van der Waals surface area contributed by atoms with Crippen molar-refractivity contribution >= 4 is 17.0 Å². The van der Waals surface area contributed by atoms with Crippen LogP contribution in [0.15, 0.2) is 65.5 Å². The maximum atomic E-state index is 12.5. The van der Waals surface area contributed by atoms with Crippen LogP contribution in [0.4, 0.5) is 4.79 Å². The van der Waals surface area contributed by atoms with Crippen LogP contribution >= 0.6 is 0 Å². The fraction of sp³-hybridized carbons (Fsp3) is 0.360. The molecule has 3 aromatic rings. The largest absolute Gasteiger partial charge is 0.497 e. The molecule has 0 radical (unpaired) electrons. The van der Waals surface area contributed by atoms with E-state index in [2.05, 4.69) is 10.2 Å². The van der Waals surface area contributed by atoms with Gasteiger partial charge < -0.3 is 24.5 Å². The number of hydrogen-bond donors (Lipinski definition) is 2. The number of carbonyl (C=O) groups is 1. The van der Waals surface area contributed by atoms with E-state index in [0.29, 0.717) is 38.5 Å². The number of β-amino-alcohol motifs (C(OH)–C–C–N with tert-alkyl or cyclic N) is 1. The van der Waals surface area contributed by atoms with Crippen molar-refractivity contribution in [1.29, 1.82) is 0 Å². The van der Waals surface area contributed by atoms with Gasteiger partial charge in [0.25, 0.3) is 5.56 Å². The molecule has 8 heteroatoms. The van der Waals surface area contributed by atoms with Gasteiger partial charge in [0.2, 0.25) is 0 Å². The molecule has 1 saturated heterocycles. The Kier molecular flexibility index (Phi) is 7.26. The molecule has 1 aliphatic heterocycles. The van der Waals surface area contributed by atoms with Gasteiger partial charge in [0, 0.05) is 50.8 Å². The van der Waals surface area contributed by atoms with Crippen molar-refractivity contribution in [2.24, 2.45) is 5.92 Å². The molecule has 0 spiro atoms. The number of fused-ring (bicyclic) bond motifs is 1. The third-order valence-electron chi connectivity index (χ3n) is 6.04. The lowest BCUT2D eigenvalue weighted by atomic mass is 10.1. The van der Waals surface area contributed by atoms with Crippen molar-refractivity contribution in [2.45, 2.75) is 19.3 Å². The molecule has 1 amide bonds. The van der Waals surface area contributed by atoms with Crippen molar-refractivity contribution in [3.05, 3.63) is 76.6 Å². The zero-order valence-corrected chi connectivity index (χ0v) is 18.6. The Balaban J connectivity index is 1.29. The molecular formula is C25H29N3O5. The smallest absolute Gasteiger partial charge is 0.407 e. The van der Waals surface area contributed by atoms with E-state index in [1.807, 2.05) is 54.6 Å². The standard InChI is InChI=1S/C25H29N3O5/c1-32-21-9-7-19-8-10-24(30)28(22(19)13-21)12-11-27-15-20(23(29)16-27)14-26-25(31)33-17-18-5-3-2-4-6-18/h2-10,13,20,23,29H,11-12,14-17H2,1H3,(H,26,31)/t20-,23+/m1/s1. The van der Waals surface area contributed by atoms with Gasteiger partial charge in [-0.3, -0.25) is 9.69 Å². The highest BCUT2D eigenvalue weighted by Gasteiger charge is 2.31. The fourth-order valence-corrected chi connectivity index (χ4v) is 4.18. The Morgan fingerprint density at radius 3 is 2.67 bits per heavy atom. The van der Waals surface area contributed by atoms with Crippen LogP contribution in [0.25, 0.3) is 10.9 Å². The summed E-state index contributed by atoms with van der Waals surface area (Å²) in [5.41, 5.74) is 1.66. The highest BCUT2D eigenvalue weighted by Crippen LogP contribution is 2.20. The number of likely N-dealkylation sites (tertiary alicyclic amines) is 1. The number of carbonyl (C=O) groups excluding carboxylic acids is 1. The van der Waals surface area contributed by atoms with Crippen molar-refractivity contribution in [3.8, 4) is 5.75 Å². The summed E-state index contributed by atoms with van der Waals surface area (Å²) >= 11 is 0. The minimum atomic E-state index is -0.552. The van der Waals surface area contributed by atoms with Gasteiger partial charge in [-0.15, -0.1) is 0 Å². The molecule has 2 heterocycles. The van der Waals surface area contributed by atoms with Crippen molar-refractivity contribution in [3.63, 3.8) is 0 Å². The predicted octanol–water partition coefficient (Wildman–Crippen LogP) is 2.23. The maximum absolute atomic E-state index is 12.5. The summed E-state index contributed by atoms with van der Waals surface area (Å²) in [5, 5.41) is 14.2. The second-order valence-corrected chi connectivity index (χ2v) is 8.28. The first-order valence-corrected chi connectivity index (χ1v) is 11.1. The highest BCUT2D eigenvalue weighted by atomic mass is 16.5. The number of amides is 1. The molecule has 8 nitrogen and oxygen atoms in total. The summed E-state index contributed by atoms with van der Waals surface area (Å²) in [4.78, 5) is 26.6. The molecule has 4 rings (SSSR count). The minimum absolute atomic E-state index is 0.0742. The molecule has 2 N–H and O–H groups in total. The van der Waals surface area contributed by atoms with Crippen LogP contribution in [0.2, 0.25) is 0 Å². The molecule has 174 valence electrons. The third-order valence-corrected chi connectivity index (χ3v) is 6.04. The quantitative estimate of drug-likeness (QED) is 0.546. The number of nitrogens with zero attached hydrogens (tertiary/aromatic N) is 2. The van der Waals surface area contributed by atoms with Crippen LogP contribution in [-0.2, 0) is 17.9 Å². The van der Waals surface area contributed by atoms with Crippen molar-refractivity contribution in [2.75, 3.05) is 33.3 Å². The Bertz CT molecular complexity index is 1150. The Morgan fingerprint density at radius 1 is 1.09 bits per heavy atom. The van der Waals surface area contributed by atoms with Gasteiger partial charge in [-0.2, -0.15) is 0 Å². The molecule has 0 aliphatic carbocycles. The lowest BCUT2D eigenvalue weighted by Gasteiger charge is -2.18. The van der Waals surface area contributed by atoms with E-state index in [1.165, 1.54) is 0 Å². The fourth-order valence-electron chi connectivity index (χ4n) is 4.18. The normalized spacial score (nSPS) is 18.4.